The molecule has 1 atom stereocenters. The molecular weight excluding hydrogens is 463 g/mol. The molecule has 0 spiro atoms. The number of anilines is 1. The number of nitrogens with one attached hydrogen (secondary N) is 1. The van der Waals surface area contributed by atoms with Crippen molar-refractivity contribution in [3.05, 3.63) is 100 Å². The van der Waals surface area contributed by atoms with Crippen LogP contribution in [-0.4, -0.2) is 31.1 Å². The largest absolute Gasteiger partial charge is 0.376 e. The number of para-hydroxylation sites is 1. The van der Waals surface area contributed by atoms with Crippen LogP contribution in [0.3, 0.4) is 0 Å². The molecule has 178 valence electrons. The third-order valence-electron chi connectivity index (χ3n) is 6.07. The van der Waals surface area contributed by atoms with Gasteiger partial charge in [0.2, 0.25) is 0 Å². The molecule has 35 heavy (non-hydrogen) atoms. The van der Waals surface area contributed by atoms with Crippen LogP contribution >= 0.6 is 11.8 Å². The summed E-state index contributed by atoms with van der Waals surface area (Å²) in [5, 5.41) is 2.92. The van der Waals surface area contributed by atoms with Gasteiger partial charge in [0.25, 0.3) is 11.8 Å². The normalized spacial score (nSPS) is 18.5. The molecule has 1 N–H and O–H groups in total. The lowest BCUT2D eigenvalue weighted by molar-refractivity contribution is -0.114. The van der Waals surface area contributed by atoms with Crippen LogP contribution in [-0.2, 0) is 16.1 Å². The monoisotopic (exact) mass is 488 g/mol. The Labute approximate surface area is 208 Å². The van der Waals surface area contributed by atoms with E-state index in [0.717, 1.165) is 41.2 Å². The molecule has 1 fully saturated rings. The Hall–Kier alpha value is -3.42. The van der Waals surface area contributed by atoms with Crippen molar-refractivity contribution in [2.75, 3.05) is 18.1 Å². The molecule has 2 aliphatic heterocycles. The molecule has 0 aliphatic carbocycles. The summed E-state index contributed by atoms with van der Waals surface area (Å²) in [5.74, 6) is -0.558. The van der Waals surface area contributed by atoms with Gasteiger partial charge < -0.3 is 15.0 Å². The number of carbonyl (C=O) groups excluding carboxylic acids is 2. The van der Waals surface area contributed by atoms with Gasteiger partial charge in [0.1, 0.15) is 5.82 Å². The molecule has 3 aromatic carbocycles. The van der Waals surface area contributed by atoms with E-state index in [1.54, 1.807) is 29.2 Å². The van der Waals surface area contributed by atoms with E-state index in [2.05, 4.69) is 5.32 Å². The number of benzene rings is 3. The van der Waals surface area contributed by atoms with Gasteiger partial charge >= 0.3 is 0 Å². The third-order valence-corrected chi connectivity index (χ3v) is 7.15. The number of nitrogens with zero attached hydrogens (tertiary/aromatic N) is 1. The predicted molar refractivity (Wildman–Crippen MR) is 136 cm³/mol. The molecule has 0 saturated carbocycles. The summed E-state index contributed by atoms with van der Waals surface area (Å²) in [6.07, 6.45) is 3.94. The van der Waals surface area contributed by atoms with E-state index in [0.29, 0.717) is 23.6 Å². The van der Waals surface area contributed by atoms with Crippen LogP contribution in [0.1, 0.15) is 34.3 Å². The Morgan fingerprint density at radius 3 is 2.60 bits per heavy atom. The number of thioether (sulfide) groups is 1. The number of hydrogen-bond donors (Lipinski definition) is 1. The smallest absolute Gasteiger partial charge is 0.265 e. The average Bonchev–Trinajstić information content (AvgIpc) is 3.40. The van der Waals surface area contributed by atoms with Crippen molar-refractivity contribution < 1.29 is 18.7 Å². The summed E-state index contributed by atoms with van der Waals surface area (Å²) in [6, 6.07) is 21.2. The Morgan fingerprint density at radius 2 is 1.86 bits per heavy atom. The zero-order chi connectivity index (χ0) is 24.2. The van der Waals surface area contributed by atoms with E-state index >= 15 is 0 Å². The summed E-state index contributed by atoms with van der Waals surface area (Å²) in [6.45, 7) is 1.61. The van der Waals surface area contributed by atoms with Crippen molar-refractivity contribution in [3.63, 3.8) is 0 Å². The second-order valence-electron chi connectivity index (χ2n) is 8.56. The number of hydrogen-bond acceptors (Lipinski definition) is 4. The zero-order valence-corrected chi connectivity index (χ0v) is 19.9. The van der Waals surface area contributed by atoms with E-state index in [1.807, 2.05) is 42.5 Å². The summed E-state index contributed by atoms with van der Waals surface area (Å²) < 4.78 is 18.9. The molecule has 5 nitrogen and oxygen atoms in total. The highest BCUT2D eigenvalue weighted by atomic mass is 32.2. The van der Waals surface area contributed by atoms with Crippen molar-refractivity contribution in [2.24, 2.45) is 0 Å². The summed E-state index contributed by atoms with van der Waals surface area (Å²) in [7, 11) is 0. The topological polar surface area (TPSA) is 58.6 Å². The lowest BCUT2D eigenvalue weighted by atomic mass is 10.1. The molecule has 5 rings (SSSR count). The second kappa shape index (κ2) is 10.5. The van der Waals surface area contributed by atoms with Crippen LogP contribution in [0.15, 0.2) is 82.6 Å². The first-order valence-electron chi connectivity index (χ1n) is 11.6. The van der Waals surface area contributed by atoms with Gasteiger partial charge in [0.05, 0.1) is 23.2 Å². The van der Waals surface area contributed by atoms with Crippen LogP contribution in [0.25, 0.3) is 6.08 Å². The molecule has 1 saturated heterocycles. The van der Waals surface area contributed by atoms with Crippen molar-refractivity contribution >= 4 is 35.3 Å². The maximum atomic E-state index is 13.4. The van der Waals surface area contributed by atoms with Crippen LogP contribution in [0, 0.1) is 5.82 Å². The number of fused-ring (bicyclic) bond motifs is 1. The van der Waals surface area contributed by atoms with Crippen molar-refractivity contribution in [1.82, 2.24) is 5.32 Å². The van der Waals surface area contributed by atoms with Gasteiger partial charge in [-0.25, -0.2) is 4.39 Å². The van der Waals surface area contributed by atoms with Crippen molar-refractivity contribution in [3.8, 4) is 0 Å². The molecule has 0 unspecified atom stereocenters. The molecule has 3 aromatic rings. The fourth-order valence-electron chi connectivity index (χ4n) is 4.19. The Balaban J connectivity index is 1.33. The molecule has 0 radical (unpaired) electrons. The van der Waals surface area contributed by atoms with Gasteiger partial charge in [0.15, 0.2) is 0 Å². The van der Waals surface area contributed by atoms with Gasteiger partial charge in [-0.3, -0.25) is 9.59 Å². The van der Waals surface area contributed by atoms with E-state index in [9.17, 15) is 14.0 Å². The molecule has 2 heterocycles. The molecule has 0 aromatic heterocycles. The lowest BCUT2D eigenvalue weighted by Crippen LogP contribution is -2.33. The number of halogens is 1. The molecule has 7 heteroatoms. The fourth-order valence-corrected chi connectivity index (χ4v) is 5.25. The van der Waals surface area contributed by atoms with Gasteiger partial charge in [-0.1, -0.05) is 48.2 Å². The highest BCUT2D eigenvalue weighted by molar-refractivity contribution is 8.04. The standard InChI is InChI=1S/C28H25FN2O3S/c29-22-13-9-20(10-14-22)18-31-24-5-1-2-6-25(24)35-26(28(31)33)16-19-7-11-21(12-8-19)27(32)30-17-23-4-3-15-34-23/h1-2,5-14,16,23H,3-4,15,17-18H2,(H,30,32)/b26-16-/t23-/m1/s1. The van der Waals surface area contributed by atoms with Crippen molar-refractivity contribution in [1.29, 1.82) is 0 Å². The molecule has 0 bridgehead atoms. The Bertz CT molecular complexity index is 1250. The summed E-state index contributed by atoms with van der Waals surface area (Å²) in [4.78, 5) is 29.2. The Morgan fingerprint density at radius 1 is 1.09 bits per heavy atom. The first-order chi connectivity index (χ1) is 17.1. The van der Waals surface area contributed by atoms with E-state index in [-0.39, 0.29) is 23.7 Å². The maximum Gasteiger partial charge on any atom is 0.265 e. The summed E-state index contributed by atoms with van der Waals surface area (Å²) >= 11 is 1.43. The molecule has 2 aliphatic rings. The minimum absolute atomic E-state index is 0.0954. The van der Waals surface area contributed by atoms with Crippen LogP contribution < -0.4 is 10.2 Å². The van der Waals surface area contributed by atoms with Crippen LogP contribution in [0.4, 0.5) is 10.1 Å². The van der Waals surface area contributed by atoms with Gasteiger partial charge in [0, 0.05) is 23.6 Å². The highest BCUT2D eigenvalue weighted by Gasteiger charge is 2.29. The van der Waals surface area contributed by atoms with Crippen LogP contribution in [0.2, 0.25) is 0 Å². The number of amides is 2. The van der Waals surface area contributed by atoms with Crippen molar-refractivity contribution in [2.45, 2.75) is 30.4 Å². The first kappa shape index (κ1) is 23.3. The fraction of sp³-hybridized carbons (Fsp3) is 0.214. The van der Waals surface area contributed by atoms with Crippen LogP contribution in [0.5, 0.6) is 0 Å². The van der Waals surface area contributed by atoms with E-state index in [4.69, 9.17) is 4.74 Å². The zero-order valence-electron chi connectivity index (χ0n) is 19.1. The Kier molecular flexibility index (Phi) is 6.97. The quantitative estimate of drug-likeness (QED) is 0.471. The summed E-state index contributed by atoms with van der Waals surface area (Å²) in [5.41, 5.74) is 3.08. The molecular formula is C28H25FN2O3S. The average molecular weight is 489 g/mol. The number of rotatable bonds is 6. The van der Waals surface area contributed by atoms with Gasteiger partial charge in [-0.05, 0) is 66.4 Å². The number of ether oxygens (including phenoxy) is 1. The van der Waals surface area contributed by atoms with E-state index < -0.39 is 0 Å². The van der Waals surface area contributed by atoms with Gasteiger partial charge in [-0.2, -0.15) is 0 Å². The predicted octanol–water partition coefficient (Wildman–Crippen LogP) is 5.41. The lowest BCUT2D eigenvalue weighted by Gasteiger charge is -2.30. The molecule has 2 amide bonds. The first-order valence-corrected chi connectivity index (χ1v) is 12.4. The number of carbonyl (C=O) groups is 2. The minimum Gasteiger partial charge on any atom is -0.376 e. The second-order valence-corrected chi connectivity index (χ2v) is 9.65. The third kappa shape index (κ3) is 5.47. The van der Waals surface area contributed by atoms with Gasteiger partial charge in [-0.15, -0.1) is 0 Å². The maximum absolute atomic E-state index is 13.4. The minimum atomic E-state index is -0.306. The van der Waals surface area contributed by atoms with E-state index in [1.165, 1.54) is 23.9 Å². The SMILES string of the molecule is O=C(NC[C@H]1CCCO1)c1ccc(/C=C2\Sc3ccccc3N(Cc3ccc(F)cc3)C2=O)cc1. The highest BCUT2D eigenvalue weighted by Crippen LogP contribution is 2.42.